The molecular weight excluding hydrogens is 440 g/mol. The Balaban J connectivity index is 0.000000562. The van der Waals surface area contributed by atoms with Crippen molar-refractivity contribution in [2.24, 2.45) is 0 Å². The fourth-order valence-corrected chi connectivity index (χ4v) is 2.66. The second-order valence-corrected chi connectivity index (χ2v) is 6.51. The summed E-state index contributed by atoms with van der Waals surface area (Å²) >= 11 is 0. The summed E-state index contributed by atoms with van der Waals surface area (Å²) in [6, 6.07) is 0. The van der Waals surface area contributed by atoms with E-state index in [-0.39, 0.29) is 40.5 Å². The van der Waals surface area contributed by atoms with Crippen LogP contribution in [0.25, 0.3) is 0 Å². The van der Waals surface area contributed by atoms with Crippen molar-refractivity contribution in [2.45, 2.75) is 52.4 Å². The van der Waals surface area contributed by atoms with E-state index in [1.807, 2.05) is 24.3 Å². The molecule has 31 heavy (non-hydrogen) atoms. The van der Waals surface area contributed by atoms with Gasteiger partial charge in [-0.2, -0.15) is 0 Å². The molecule has 0 heterocycles. The molecule has 0 bridgehead atoms. The minimum absolute atomic E-state index is 0. The van der Waals surface area contributed by atoms with Crippen LogP contribution < -0.4 is 10.2 Å². The Morgan fingerprint density at radius 3 is 1.29 bits per heavy atom. The minimum atomic E-state index is -0.229. The van der Waals surface area contributed by atoms with Gasteiger partial charge in [-0.25, -0.2) is 0 Å². The van der Waals surface area contributed by atoms with Crippen LogP contribution in [0.5, 0.6) is 0 Å². The Morgan fingerprint density at radius 1 is 0.677 bits per heavy atom. The first-order chi connectivity index (χ1) is 14.5. The van der Waals surface area contributed by atoms with E-state index in [1.54, 1.807) is 38.2 Å². The fraction of sp³-hybridized carbons (Fsp3) is 0.417. The van der Waals surface area contributed by atoms with E-state index in [4.69, 9.17) is 9.47 Å². The van der Waals surface area contributed by atoms with Gasteiger partial charge in [0.05, 0.1) is 13.2 Å². The molecule has 0 N–H and O–H groups in total. The standard InChI is InChI=1S/2C12H16O3.Fe/c2*1-2-15-12(14)9-5-8-11(13)10-6-3-4-7-10;/h2*3-4,6-7,13H,2,5,8-9H2,1H3;/q;;+2/p-2. The van der Waals surface area contributed by atoms with Crippen molar-refractivity contribution in [3.8, 4) is 0 Å². The average Bonchev–Trinajstić information content (AvgIpc) is 3.43. The average molecular weight is 470 g/mol. The zero-order valence-electron chi connectivity index (χ0n) is 18.1. The van der Waals surface area contributed by atoms with Crippen LogP contribution in [0.3, 0.4) is 0 Å². The quantitative estimate of drug-likeness (QED) is 0.277. The number of esters is 2. The van der Waals surface area contributed by atoms with Crippen LogP contribution in [0, 0.1) is 0 Å². The Morgan fingerprint density at radius 2 is 1.00 bits per heavy atom. The van der Waals surface area contributed by atoms with E-state index in [0.717, 1.165) is 11.1 Å². The maximum absolute atomic E-state index is 11.5. The van der Waals surface area contributed by atoms with Gasteiger partial charge in [0.2, 0.25) is 0 Å². The first-order valence-electron chi connectivity index (χ1n) is 10.3. The second-order valence-electron chi connectivity index (χ2n) is 6.51. The van der Waals surface area contributed by atoms with E-state index >= 15 is 0 Å². The largest absolute Gasteiger partial charge is 2.00 e. The minimum Gasteiger partial charge on any atom is -0.875 e. The normalized spacial score (nSPS) is 12.8. The van der Waals surface area contributed by atoms with Crippen molar-refractivity contribution in [1.82, 2.24) is 0 Å². The Kier molecular flexibility index (Phi) is 15.8. The molecule has 0 saturated carbocycles. The van der Waals surface area contributed by atoms with Crippen molar-refractivity contribution < 1.29 is 46.3 Å². The molecule has 0 saturated heterocycles. The van der Waals surface area contributed by atoms with Crippen molar-refractivity contribution >= 4 is 11.9 Å². The summed E-state index contributed by atoms with van der Waals surface area (Å²) < 4.78 is 9.53. The van der Waals surface area contributed by atoms with Gasteiger partial charge in [0.25, 0.3) is 0 Å². The maximum atomic E-state index is 11.5. The van der Waals surface area contributed by atoms with Crippen LogP contribution in [0.15, 0.2) is 71.3 Å². The van der Waals surface area contributed by atoms with Gasteiger partial charge in [-0.15, -0.1) is 11.5 Å². The molecule has 6 nitrogen and oxygen atoms in total. The molecule has 0 aliphatic heterocycles. The number of rotatable bonds is 10. The Hall–Kier alpha value is -2.50. The number of allylic oxidation sites excluding steroid dienone is 12. The number of carbonyl (C=O) groups is 2. The van der Waals surface area contributed by atoms with Crippen LogP contribution in [0.2, 0.25) is 0 Å². The van der Waals surface area contributed by atoms with Crippen LogP contribution in [0.1, 0.15) is 52.4 Å². The molecule has 7 heteroatoms. The summed E-state index contributed by atoms with van der Waals surface area (Å²) in [4.78, 5) is 22.0. The first-order valence-corrected chi connectivity index (χ1v) is 10.3. The molecule has 0 spiro atoms. The summed E-state index contributed by atoms with van der Waals surface area (Å²) in [7, 11) is 0. The molecule has 0 atom stereocenters. The molecule has 2 aliphatic rings. The zero-order valence-corrected chi connectivity index (χ0v) is 19.2. The van der Waals surface area contributed by atoms with Gasteiger partial charge < -0.3 is 19.7 Å². The van der Waals surface area contributed by atoms with Crippen LogP contribution in [-0.4, -0.2) is 25.2 Å². The maximum Gasteiger partial charge on any atom is 2.00 e. The van der Waals surface area contributed by atoms with Gasteiger partial charge >= 0.3 is 29.0 Å². The predicted octanol–water partition coefficient (Wildman–Crippen LogP) is 2.92. The van der Waals surface area contributed by atoms with Crippen LogP contribution in [0.4, 0.5) is 0 Å². The molecule has 2 aliphatic carbocycles. The molecule has 0 aromatic rings. The molecule has 0 radical (unpaired) electrons. The van der Waals surface area contributed by atoms with Crippen LogP contribution in [-0.2, 0) is 36.1 Å². The van der Waals surface area contributed by atoms with Crippen molar-refractivity contribution in [3.05, 3.63) is 71.3 Å². The van der Waals surface area contributed by atoms with E-state index in [0.29, 0.717) is 51.7 Å². The molecule has 2 rings (SSSR count). The molecule has 0 aromatic carbocycles. The molecule has 170 valence electrons. The first kappa shape index (κ1) is 28.5. The zero-order chi connectivity index (χ0) is 22.2. The van der Waals surface area contributed by atoms with Gasteiger partial charge in [-0.05, 0) is 50.7 Å². The van der Waals surface area contributed by atoms with Crippen LogP contribution >= 0.6 is 0 Å². The summed E-state index contributed by atoms with van der Waals surface area (Å²) in [5, 5.41) is 23.0. The smallest absolute Gasteiger partial charge is 0.875 e. The Labute approximate surface area is 195 Å². The fourth-order valence-electron chi connectivity index (χ4n) is 2.66. The molecule has 0 unspecified atom stereocenters. The van der Waals surface area contributed by atoms with Gasteiger partial charge in [0, 0.05) is 12.8 Å². The third kappa shape index (κ3) is 12.7. The Bertz CT molecular complexity index is 664. The number of hydrogen-bond donors (Lipinski definition) is 0. The van der Waals surface area contributed by atoms with E-state index in [1.165, 1.54) is 0 Å². The number of hydrogen-bond acceptors (Lipinski definition) is 6. The van der Waals surface area contributed by atoms with Crippen molar-refractivity contribution in [2.75, 3.05) is 13.2 Å². The monoisotopic (exact) mass is 470 g/mol. The molecular formula is C24H30FeO6. The number of ether oxygens (including phenoxy) is 2. The number of carbonyl (C=O) groups excluding carboxylic acids is 2. The van der Waals surface area contributed by atoms with Gasteiger partial charge in [0.15, 0.2) is 0 Å². The molecule has 0 fully saturated rings. The SMILES string of the molecule is CCOC(=O)CCCC([O-])=C1C=CC=C1.CCOC(=O)CCCC([O-])=C1C=CC=C1.[Fe+2]. The summed E-state index contributed by atoms with van der Waals surface area (Å²) in [5.74, 6) is -0.283. The summed E-state index contributed by atoms with van der Waals surface area (Å²) in [6.45, 7) is 4.34. The summed E-state index contributed by atoms with van der Waals surface area (Å²) in [6.07, 6.45) is 17.0. The van der Waals surface area contributed by atoms with Crippen molar-refractivity contribution in [3.63, 3.8) is 0 Å². The van der Waals surface area contributed by atoms with E-state index in [9.17, 15) is 19.8 Å². The van der Waals surface area contributed by atoms with Gasteiger partial charge in [0.1, 0.15) is 0 Å². The molecule has 0 aromatic heterocycles. The topological polar surface area (TPSA) is 98.7 Å². The second kappa shape index (κ2) is 17.2. The third-order valence-corrected chi connectivity index (χ3v) is 4.15. The summed E-state index contributed by atoms with van der Waals surface area (Å²) in [5.41, 5.74) is 1.44. The van der Waals surface area contributed by atoms with E-state index < -0.39 is 0 Å². The van der Waals surface area contributed by atoms with Gasteiger partial charge in [-0.1, -0.05) is 48.6 Å². The molecule has 0 amide bonds. The van der Waals surface area contributed by atoms with Crippen molar-refractivity contribution in [1.29, 1.82) is 0 Å². The third-order valence-electron chi connectivity index (χ3n) is 4.15. The predicted molar refractivity (Wildman–Crippen MR) is 112 cm³/mol. The van der Waals surface area contributed by atoms with Gasteiger partial charge in [-0.3, -0.25) is 9.59 Å². The van der Waals surface area contributed by atoms with E-state index in [2.05, 4.69) is 0 Å².